The third kappa shape index (κ3) is 50.4. The Hall–Kier alpha value is -2.90. The Balaban J connectivity index is 2.58. The number of hydrogen-bond acceptors (Lipinski definition) is 10. The van der Waals surface area contributed by atoms with Crippen molar-refractivity contribution in [2.75, 3.05) is 13.2 Å². The number of carbonyl (C=O) groups is 2. The van der Waals surface area contributed by atoms with E-state index in [-0.39, 0.29) is 19.4 Å². The summed E-state index contributed by atoms with van der Waals surface area (Å²) in [5.74, 6) is -1.19. The van der Waals surface area contributed by atoms with Crippen LogP contribution in [-0.2, 0) is 23.8 Å². The summed E-state index contributed by atoms with van der Waals surface area (Å²) in [7, 11) is 0. The topological polar surface area (TPSA) is 175 Å². The normalized spacial score (nSPS) is 18.6. The molecular formula is C76H137NO10. The first-order valence-corrected chi connectivity index (χ1v) is 36.7. The van der Waals surface area contributed by atoms with Crippen molar-refractivity contribution < 1.29 is 49.3 Å². The van der Waals surface area contributed by atoms with Crippen LogP contribution in [0.3, 0.4) is 0 Å². The van der Waals surface area contributed by atoms with Crippen molar-refractivity contribution in [1.29, 1.82) is 0 Å². The van der Waals surface area contributed by atoms with E-state index in [1.165, 1.54) is 199 Å². The zero-order valence-electron chi connectivity index (χ0n) is 56.4. The van der Waals surface area contributed by atoms with Gasteiger partial charge in [-0.15, -0.1) is 0 Å². The van der Waals surface area contributed by atoms with Crippen LogP contribution in [0.25, 0.3) is 0 Å². The number of aliphatic hydroxyl groups is 5. The number of hydrogen-bond donors (Lipinski definition) is 6. The quantitative estimate of drug-likeness (QED) is 0.0195. The summed E-state index contributed by atoms with van der Waals surface area (Å²) in [6.07, 6.45) is 72.2. The van der Waals surface area contributed by atoms with Crippen molar-refractivity contribution in [3.63, 3.8) is 0 Å². The lowest BCUT2D eigenvalue weighted by Crippen LogP contribution is -2.61. The Morgan fingerprint density at radius 2 is 0.793 bits per heavy atom. The molecule has 0 spiro atoms. The van der Waals surface area contributed by atoms with E-state index in [1.807, 2.05) is 6.08 Å². The average molecular weight is 1220 g/mol. The van der Waals surface area contributed by atoms with Crippen molar-refractivity contribution in [2.45, 2.75) is 384 Å². The second-order valence-corrected chi connectivity index (χ2v) is 25.3. The van der Waals surface area contributed by atoms with Crippen molar-refractivity contribution >= 4 is 11.9 Å². The van der Waals surface area contributed by atoms with Gasteiger partial charge in [-0.05, 0) is 96.3 Å². The van der Waals surface area contributed by atoms with Gasteiger partial charge >= 0.3 is 5.97 Å². The Morgan fingerprint density at radius 1 is 0.448 bits per heavy atom. The zero-order chi connectivity index (χ0) is 63.1. The second-order valence-electron chi connectivity index (χ2n) is 25.3. The molecule has 1 aliphatic heterocycles. The summed E-state index contributed by atoms with van der Waals surface area (Å²) in [4.78, 5) is 26.7. The maximum absolute atomic E-state index is 13.5. The third-order valence-electron chi connectivity index (χ3n) is 17.1. The van der Waals surface area contributed by atoms with E-state index < -0.39 is 67.4 Å². The second kappa shape index (κ2) is 63.3. The molecule has 0 aromatic heterocycles. The standard InChI is InChI=1S/C76H137NO10/c1-4-7-10-13-16-19-22-25-27-29-31-33-34-35-36-37-39-41-43-46-49-52-55-58-61-64-71(81)87-74-73(83)72(82)70(65-78)86-76(74)85-66-67(68(79)62-59-56-53-50-47-44-24-21-18-15-12-9-6-3)77-75(84)69(80)63-60-57-54-51-48-45-42-40-38-32-30-28-26-23-20-17-14-11-8-5-2/h16,19,25-28,31,33,35-36,59,62,67-70,72-74,76,78-80,82-83H,4-15,17-18,20-24,29-30,32,34,37-58,60-61,63-66H2,1-3H3,(H,77,84)/b19-16-,27-25-,28-26+,33-31-,36-35-,62-59+. The van der Waals surface area contributed by atoms with Crippen molar-refractivity contribution in [3.05, 3.63) is 72.9 Å². The molecule has 11 heteroatoms. The van der Waals surface area contributed by atoms with E-state index in [9.17, 15) is 35.1 Å². The van der Waals surface area contributed by atoms with Crippen LogP contribution in [0.5, 0.6) is 0 Å². The number of unbranched alkanes of at least 4 members (excludes halogenated alkanes) is 39. The molecule has 1 rings (SSSR count). The zero-order valence-corrected chi connectivity index (χ0v) is 56.4. The van der Waals surface area contributed by atoms with Crippen LogP contribution >= 0.6 is 0 Å². The lowest BCUT2D eigenvalue weighted by Gasteiger charge is -2.41. The summed E-state index contributed by atoms with van der Waals surface area (Å²) >= 11 is 0. The number of amides is 1. The third-order valence-corrected chi connectivity index (χ3v) is 17.1. The summed E-state index contributed by atoms with van der Waals surface area (Å²) in [6, 6.07) is -1.03. The highest BCUT2D eigenvalue weighted by Crippen LogP contribution is 2.26. The van der Waals surface area contributed by atoms with E-state index in [1.54, 1.807) is 6.08 Å². The largest absolute Gasteiger partial charge is 0.454 e. The molecule has 1 heterocycles. The van der Waals surface area contributed by atoms with Gasteiger partial charge in [-0.1, -0.05) is 306 Å². The highest BCUT2D eigenvalue weighted by atomic mass is 16.7. The predicted molar refractivity (Wildman–Crippen MR) is 366 cm³/mol. The van der Waals surface area contributed by atoms with Gasteiger partial charge in [0, 0.05) is 6.42 Å². The molecule has 6 N–H and O–H groups in total. The Bertz CT molecular complexity index is 1690. The first-order chi connectivity index (χ1) is 42.7. The van der Waals surface area contributed by atoms with E-state index in [0.717, 1.165) is 89.9 Å². The number of carbonyl (C=O) groups excluding carboxylic acids is 2. The molecule has 1 amide bonds. The average Bonchev–Trinajstić information content (AvgIpc) is 2.32. The molecule has 87 heavy (non-hydrogen) atoms. The van der Waals surface area contributed by atoms with Crippen LogP contribution in [0.15, 0.2) is 72.9 Å². The van der Waals surface area contributed by atoms with Crippen molar-refractivity contribution in [2.24, 2.45) is 0 Å². The predicted octanol–water partition coefficient (Wildman–Crippen LogP) is 19.1. The van der Waals surface area contributed by atoms with E-state index in [0.29, 0.717) is 12.8 Å². The number of nitrogens with one attached hydrogen (secondary N) is 1. The smallest absolute Gasteiger partial charge is 0.306 e. The molecular weight excluding hydrogens is 1090 g/mol. The molecule has 0 aromatic rings. The number of aliphatic hydroxyl groups excluding tert-OH is 5. The number of allylic oxidation sites excluding steroid dienone is 11. The minimum Gasteiger partial charge on any atom is -0.454 e. The fourth-order valence-electron chi connectivity index (χ4n) is 11.3. The first-order valence-electron chi connectivity index (χ1n) is 36.7. The summed E-state index contributed by atoms with van der Waals surface area (Å²) in [5, 5.41) is 57.3. The van der Waals surface area contributed by atoms with Crippen LogP contribution in [-0.4, -0.2) is 99.6 Å². The lowest BCUT2D eigenvalue weighted by atomic mass is 9.99. The van der Waals surface area contributed by atoms with Crippen LogP contribution in [0.4, 0.5) is 0 Å². The highest BCUT2D eigenvalue weighted by Gasteiger charge is 2.47. The Kier molecular flexibility index (Phi) is 59.7. The molecule has 1 fully saturated rings. The Morgan fingerprint density at radius 3 is 1.22 bits per heavy atom. The molecule has 0 aliphatic carbocycles. The minimum atomic E-state index is -1.62. The molecule has 1 saturated heterocycles. The summed E-state index contributed by atoms with van der Waals surface area (Å²) in [6.45, 7) is 5.80. The first kappa shape index (κ1) is 82.1. The fourth-order valence-corrected chi connectivity index (χ4v) is 11.3. The van der Waals surface area contributed by atoms with E-state index >= 15 is 0 Å². The fraction of sp³-hybridized carbons (Fsp3) is 0.816. The molecule has 0 bridgehead atoms. The van der Waals surface area contributed by atoms with Crippen LogP contribution in [0, 0.1) is 0 Å². The molecule has 1 aliphatic rings. The van der Waals surface area contributed by atoms with Gasteiger partial charge in [0.2, 0.25) is 5.91 Å². The number of rotatable bonds is 63. The lowest BCUT2D eigenvalue weighted by molar-refractivity contribution is -0.305. The monoisotopic (exact) mass is 1220 g/mol. The number of ether oxygens (including phenoxy) is 3. The molecule has 8 atom stereocenters. The summed E-state index contributed by atoms with van der Waals surface area (Å²) in [5.41, 5.74) is 0. The van der Waals surface area contributed by atoms with Gasteiger partial charge < -0.3 is 45.1 Å². The van der Waals surface area contributed by atoms with Gasteiger partial charge in [0.25, 0.3) is 0 Å². The highest BCUT2D eigenvalue weighted by molar-refractivity contribution is 5.80. The molecule has 8 unspecified atom stereocenters. The Labute approximate surface area is 534 Å². The molecule has 0 radical (unpaired) electrons. The molecule has 0 aromatic carbocycles. The van der Waals surface area contributed by atoms with Gasteiger partial charge in [-0.25, -0.2) is 0 Å². The minimum absolute atomic E-state index is 0.115. The van der Waals surface area contributed by atoms with Gasteiger partial charge in [-0.3, -0.25) is 9.59 Å². The molecule has 0 saturated carbocycles. The maximum atomic E-state index is 13.5. The van der Waals surface area contributed by atoms with E-state index in [2.05, 4.69) is 86.8 Å². The molecule has 506 valence electrons. The van der Waals surface area contributed by atoms with Crippen molar-refractivity contribution in [3.8, 4) is 0 Å². The number of esters is 1. The van der Waals surface area contributed by atoms with E-state index in [4.69, 9.17) is 14.2 Å². The van der Waals surface area contributed by atoms with Gasteiger partial charge in [0.1, 0.15) is 24.4 Å². The van der Waals surface area contributed by atoms with Crippen LogP contribution in [0.2, 0.25) is 0 Å². The maximum Gasteiger partial charge on any atom is 0.306 e. The van der Waals surface area contributed by atoms with Crippen LogP contribution in [0.1, 0.15) is 335 Å². The summed E-state index contributed by atoms with van der Waals surface area (Å²) < 4.78 is 17.7. The SMILES string of the molecule is CCCCC/C=C\C/C=C\C/C=C\C/C=C\CCCCCCCCCCCC(=O)OC1C(OCC(NC(=O)C(O)CCCCCCCCCCCC/C=C/CCCCCCCC)C(O)/C=C/CCCCCCCCCCCCC)OC(CO)C(O)C1O. The van der Waals surface area contributed by atoms with Crippen LogP contribution < -0.4 is 5.32 Å². The van der Waals surface area contributed by atoms with Gasteiger partial charge in [0.15, 0.2) is 12.4 Å². The van der Waals surface area contributed by atoms with Gasteiger partial charge in [0.05, 0.1) is 25.4 Å². The molecule has 11 nitrogen and oxygen atoms in total. The van der Waals surface area contributed by atoms with Crippen molar-refractivity contribution in [1.82, 2.24) is 5.32 Å². The van der Waals surface area contributed by atoms with Gasteiger partial charge in [-0.2, -0.15) is 0 Å².